The fraction of sp³-hybridized carbons (Fsp3) is 0.0233. The van der Waals surface area contributed by atoms with Crippen molar-refractivity contribution in [1.82, 2.24) is 4.57 Å². The molecule has 1 nitrogen and oxygen atoms in total. The first-order valence-corrected chi connectivity index (χ1v) is 18.6. The van der Waals surface area contributed by atoms with Gasteiger partial charge >= 0.3 is 0 Å². The zero-order valence-corrected chi connectivity index (χ0v) is 27.5. The molecule has 6 aromatic carbocycles. The Morgan fingerprint density at radius 1 is 0.587 bits per heavy atom. The highest BCUT2D eigenvalue weighted by Crippen LogP contribution is 2.36. The number of fused-ring (bicyclic) bond motifs is 6. The van der Waals surface area contributed by atoms with Gasteiger partial charge in [-0.25, -0.2) is 0 Å². The van der Waals surface area contributed by atoms with Crippen molar-refractivity contribution in [3.8, 4) is 0 Å². The van der Waals surface area contributed by atoms with E-state index >= 15 is 0 Å². The van der Waals surface area contributed by atoms with Gasteiger partial charge in [-0.2, -0.15) is 0 Å². The molecule has 0 saturated heterocycles. The van der Waals surface area contributed by atoms with Crippen LogP contribution in [0.5, 0.6) is 0 Å². The zero-order valence-electron chi connectivity index (χ0n) is 25.7. The van der Waals surface area contributed by atoms with Crippen molar-refractivity contribution in [2.24, 2.45) is 0 Å². The molecule has 46 heavy (non-hydrogen) atoms. The number of allylic oxidation sites excluding steroid dienone is 5. The van der Waals surface area contributed by atoms with E-state index in [4.69, 9.17) is 0 Å². The minimum Gasteiger partial charge on any atom is -0.310 e. The molecule has 0 spiro atoms. The molecule has 0 saturated carbocycles. The van der Waals surface area contributed by atoms with Crippen molar-refractivity contribution in [2.75, 3.05) is 0 Å². The monoisotopic (exact) mass is 623 g/mol. The second-order valence-electron chi connectivity index (χ2n) is 11.6. The van der Waals surface area contributed by atoms with Crippen LogP contribution in [0.25, 0.3) is 47.7 Å². The lowest BCUT2D eigenvalue weighted by Crippen LogP contribution is -2.68. The summed E-state index contributed by atoms with van der Waals surface area (Å²) in [4.78, 5) is 0. The van der Waals surface area contributed by atoms with Crippen LogP contribution < -0.4 is 15.6 Å². The largest absolute Gasteiger partial charge is 0.310 e. The summed E-state index contributed by atoms with van der Waals surface area (Å²) < 4.78 is 5.09. The molecule has 0 N–H and O–H groups in total. The minimum absolute atomic E-state index is 1.14. The third kappa shape index (κ3) is 4.27. The van der Waals surface area contributed by atoms with Crippen LogP contribution in [0.3, 0.4) is 0 Å². The summed E-state index contributed by atoms with van der Waals surface area (Å²) in [5, 5.41) is 10.5. The second kappa shape index (κ2) is 11.6. The summed E-state index contributed by atoms with van der Waals surface area (Å²) in [6.45, 7) is 6.70. The van der Waals surface area contributed by atoms with Gasteiger partial charge in [-0.15, -0.1) is 11.3 Å². The van der Waals surface area contributed by atoms with E-state index in [-0.39, 0.29) is 0 Å². The van der Waals surface area contributed by atoms with Crippen LogP contribution in [-0.4, -0.2) is 12.6 Å². The van der Waals surface area contributed by atoms with E-state index < -0.39 is 8.07 Å². The lowest BCUT2D eigenvalue weighted by Gasteiger charge is -2.36. The SMILES string of the molecule is C=C/C(=C\C(=C/C)n1c2ccccc2c2ccccc21)[Si](c1ccccc1)(c1ccccc1)c1cccc2c1sc1ccccc12. The molecular formula is C43H33NSSi. The van der Waals surface area contributed by atoms with Gasteiger partial charge in [-0.3, -0.25) is 0 Å². The molecule has 0 radical (unpaired) electrons. The molecule has 8 rings (SSSR count). The van der Waals surface area contributed by atoms with Crippen molar-refractivity contribution in [2.45, 2.75) is 6.92 Å². The average Bonchev–Trinajstić information content (AvgIpc) is 3.67. The average molecular weight is 624 g/mol. The fourth-order valence-electron chi connectivity index (χ4n) is 7.34. The number of thiophene rings is 1. The van der Waals surface area contributed by atoms with Crippen LogP contribution in [0.2, 0.25) is 0 Å². The molecule has 220 valence electrons. The number of benzene rings is 6. The van der Waals surface area contributed by atoms with Crippen molar-refractivity contribution in [3.63, 3.8) is 0 Å². The summed E-state index contributed by atoms with van der Waals surface area (Å²) in [6, 6.07) is 55.6. The maximum atomic E-state index is 4.55. The topological polar surface area (TPSA) is 4.93 Å². The highest BCUT2D eigenvalue weighted by Gasteiger charge is 2.43. The number of nitrogens with zero attached hydrogens (tertiary/aromatic N) is 1. The Kier molecular flexibility index (Phi) is 7.13. The first-order valence-electron chi connectivity index (χ1n) is 15.8. The van der Waals surface area contributed by atoms with Crippen LogP contribution in [-0.2, 0) is 0 Å². The lowest BCUT2D eigenvalue weighted by molar-refractivity contribution is 1.23. The predicted molar refractivity (Wildman–Crippen MR) is 205 cm³/mol. The number of aromatic nitrogens is 1. The predicted octanol–water partition coefficient (Wildman–Crippen LogP) is 9.85. The van der Waals surface area contributed by atoms with E-state index in [1.807, 2.05) is 11.3 Å². The molecule has 0 atom stereocenters. The first kappa shape index (κ1) is 28.3. The van der Waals surface area contributed by atoms with Gasteiger partial charge in [-0.1, -0.05) is 152 Å². The molecule has 0 fully saturated rings. The smallest absolute Gasteiger partial charge is 0.181 e. The Labute approximate surface area is 274 Å². The Morgan fingerprint density at radius 2 is 1.11 bits per heavy atom. The van der Waals surface area contributed by atoms with Crippen LogP contribution in [0.1, 0.15) is 6.92 Å². The number of para-hydroxylation sites is 2. The number of hydrogen-bond acceptors (Lipinski definition) is 1. The summed E-state index contributed by atoms with van der Waals surface area (Å²) in [6.07, 6.45) is 6.80. The van der Waals surface area contributed by atoms with Gasteiger partial charge in [-0.05, 0) is 52.0 Å². The number of rotatable bonds is 7. The number of hydrogen-bond donors (Lipinski definition) is 0. The standard InChI is InChI=1S/C43H33NSSi/c1-3-31(44-39-26-14-11-22-35(39)36-23-12-15-27-40(36)44)30-32(4-2)46(33-18-7-5-8-19-33,34-20-9-6-10-21-34)42-29-17-25-38-37-24-13-16-28-41(37)45-43(38)42/h3-30H,2H2,1H3/b31-3+,32-30+. The summed E-state index contributed by atoms with van der Waals surface area (Å²) >= 11 is 1.91. The molecule has 2 aromatic heterocycles. The van der Waals surface area contributed by atoms with Crippen molar-refractivity contribution >= 4 is 82.6 Å². The van der Waals surface area contributed by atoms with Gasteiger partial charge in [0.05, 0.1) is 11.0 Å². The van der Waals surface area contributed by atoms with E-state index in [0.29, 0.717) is 0 Å². The minimum atomic E-state index is -2.91. The second-order valence-corrected chi connectivity index (χ2v) is 16.5. The molecule has 3 heteroatoms. The molecule has 0 unspecified atom stereocenters. The van der Waals surface area contributed by atoms with Gasteiger partial charge in [0.25, 0.3) is 0 Å². The summed E-state index contributed by atoms with van der Waals surface area (Å²) in [5.74, 6) is 0. The zero-order chi connectivity index (χ0) is 31.1. The van der Waals surface area contributed by atoms with Gasteiger partial charge in [0, 0.05) is 36.6 Å². The fourth-order valence-corrected chi connectivity index (χ4v) is 13.9. The van der Waals surface area contributed by atoms with Crippen molar-refractivity contribution in [3.05, 3.63) is 182 Å². The van der Waals surface area contributed by atoms with E-state index in [0.717, 1.165) is 5.70 Å². The summed E-state index contributed by atoms with van der Waals surface area (Å²) in [5.41, 5.74) is 3.55. The molecule has 0 aliphatic rings. The third-order valence-electron chi connectivity index (χ3n) is 9.31. The highest BCUT2D eigenvalue weighted by atomic mass is 32.1. The van der Waals surface area contributed by atoms with Gasteiger partial charge in [0.15, 0.2) is 8.07 Å². The Hall–Kier alpha value is -5.22. The molecular weight excluding hydrogens is 591 g/mol. The van der Waals surface area contributed by atoms with E-state index in [2.05, 4.69) is 188 Å². The van der Waals surface area contributed by atoms with Crippen molar-refractivity contribution < 1.29 is 0 Å². The lowest BCUT2D eigenvalue weighted by atomic mass is 10.1. The Balaban J connectivity index is 1.51. The van der Waals surface area contributed by atoms with E-state index in [9.17, 15) is 0 Å². The Morgan fingerprint density at radius 3 is 1.70 bits per heavy atom. The van der Waals surface area contributed by atoms with Crippen molar-refractivity contribution in [1.29, 1.82) is 0 Å². The molecule has 0 aliphatic carbocycles. The van der Waals surface area contributed by atoms with E-state index in [1.165, 1.54) is 62.7 Å². The van der Waals surface area contributed by atoms with Gasteiger partial charge in [0.2, 0.25) is 0 Å². The molecule has 8 aromatic rings. The van der Waals surface area contributed by atoms with Gasteiger partial charge < -0.3 is 4.57 Å². The third-order valence-corrected chi connectivity index (χ3v) is 15.6. The summed E-state index contributed by atoms with van der Waals surface area (Å²) in [7, 11) is -2.91. The van der Waals surface area contributed by atoms with Crippen LogP contribution in [0, 0.1) is 0 Å². The highest BCUT2D eigenvalue weighted by molar-refractivity contribution is 7.30. The first-order chi connectivity index (χ1) is 22.8. The maximum Gasteiger partial charge on any atom is 0.181 e. The van der Waals surface area contributed by atoms with Crippen LogP contribution in [0.4, 0.5) is 0 Å². The molecule has 0 aliphatic heterocycles. The van der Waals surface area contributed by atoms with E-state index in [1.54, 1.807) is 0 Å². The van der Waals surface area contributed by atoms with Gasteiger partial charge in [0.1, 0.15) is 0 Å². The quantitative estimate of drug-likeness (QED) is 0.0946. The molecule has 2 heterocycles. The molecule has 0 amide bonds. The van der Waals surface area contributed by atoms with Crippen LogP contribution >= 0.6 is 11.3 Å². The van der Waals surface area contributed by atoms with Crippen LogP contribution in [0.15, 0.2) is 182 Å². The normalized spacial score (nSPS) is 12.8. The maximum absolute atomic E-state index is 4.55. The Bertz CT molecular complexity index is 2350. The molecule has 0 bridgehead atoms.